The van der Waals surface area contributed by atoms with Gasteiger partial charge in [0.05, 0.1) is 0 Å². The van der Waals surface area contributed by atoms with Gasteiger partial charge in [-0.25, -0.2) is 0 Å². The molecule has 0 bridgehead atoms. The first-order valence-corrected chi connectivity index (χ1v) is 6.95. The van der Waals surface area contributed by atoms with Crippen LogP contribution >= 0.6 is 0 Å². The molecule has 0 saturated carbocycles. The number of esters is 1. The molecule has 1 unspecified atom stereocenters. The van der Waals surface area contributed by atoms with Gasteiger partial charge >= 0.3 is 5.97 Å². The van der Waals surface area contributed by atoms with Crippen molar-refractivity contribution in [2.75, 3.05) is 0 Å². The average molecular weight is 272 g/mol. The maximum absolute atomic E-state index is 11.3. The van der Waals surface area contributed by atoms with Crippen LogP contribution in [0.5, 0.6) is 5.75 Å². The summed E-state index contributed by atoms with van der Waals surface area (Å²) in [6, 6.07) is 14.0. The van der Waals surface area contributed by atoms with Crippen molar-refractivity contribution in [2.24, 2.45) is 0 Å². The molecular formula is C17H20O3. The summed E-state index contributed by atoms with van der Waals surface area (Å²) in [5.41, 5.74) is 0. The molecule has 0 aliphatic rings. The van der Waals surface area contributed by atoms with E-state index >= 15 is 0 Å². The highest BCUT2D eigenvalue weighted by molar-refractivity contribution is 5.88. The van der Waals surface area contributed by atoms with Crippen molar-refractivity contribution in [2.45, 2.75) is 39.4 Å². The highest BCUT2D eigenvalue weighted by atomic mass is 16.6. The number of rotatable bonds is 5. The molecule has 0 heterocycles. The van der Waals surface area contributed by atoms with Crippen molar-refractivity contribution >= 4 is 16.7 Å². The second-order valence-corrected chi connectivity index (χ2v) is 4.85. The third kappa shape index (κ3) is 3.29. The molecule has 0 aromatic heterocycles. The molecular weight excluding hydrogens is 252 g/mol. The molecule has 0 amide bonds. The predicted molar refractivity (Wildman–Crippen MR) is 79.9 cm³/mol. The Morgan fingerprint density at radius 1 is 1.05 bits per heavy atom. The van der Waals surface area contributed by atoms with Crippen LogP contribution in [0.2, 0.25) is 0 Å². The summed E-state index contributed by atoms with van der Waals surface area (Å²) in [6.07, 6.45) is -0.0940. The molecule has 2 rings (SSSR count). The van der Waals surface area contributed by atoms with E-state index < -0.39 is 0 Å². The van der Waals surface area contributed by atoms with Gasteiger partial charge in [0.2, 0.25) is 0 Å². The van der Waals surface area contributed by atoms with Crippen molar-refractivity contribution < 1.29 is 14.3 Å². The lowest BCUT2D eigenvalue weighted by atomic mass is 10.1. The highest BCUT2D eigenvalue weighted by Crippen LogP contribution is 2.26. The van der Waals surface area contributed by atoms with Crippen LogP contribution in [0, 0.1) is 0 Å². The summed E-state index contributed by atoms with van der Waals surface area (Å²) < 4.78 is 11.2. The summed E-state index contributed by atoms with van der Waals surface area (Å²) in [4.78, 5) is 11.3. The predicted octanol–water partition coefficient (Wildman–Crippen LogP) is 3.95. The molecule has 0 fully saturated rings. The fraction of sp³-hybridized carbons (Fsp3) is 0.353. The zero-order chi connectivity index (χ0) is 14.5. The second-order valence-electron chi connectivity index (χ2n) is 4.85. The number of carbonyl (C=O) groups excluding carboxylic acids is 1. The van der Waals surface area contributed by atoms with Gasteiger partial charge in [-0.1, -0.05) is 43.3 Å². The summed E-state index contributed by atoms with van der Waals surface area (Å²) in [6.45, 7) is 5.55. The maximum atomic E-state index is 11.3. The molecule has 0 saturated heterocycles. The van der Waals surface area contributed by atoms with Crippen molar-refractivity contribution in [1.29, 1.82) is 0 Å². The third-order valence-electron chi connectivity index (χ3n) is 3.33. The minimum atomic E-state index is -0.276. The first-order valence-electron chi connectivity index (χ1n) is 6.95. The minimum absolute atomic E-state index is 0.198. The van der Waals surface area contributed by atoms with Crippen LogP contribution in [0.15, 0.2) is 42.5 Å². The van der Waals surface area contributed by atoms with Gasteiger partial charge in [-0.15, -0.1) is 0 Å². The molecule has 2 aromatic carbocycles. The summed E-state index contributed by atoms with van der Waals surface area (Å²) >= 11 is 0. The maximum Gasteiger partial charge on any atom is 0.305 e. The van der Waals surface area contributed by atoms with Crippen LogP contribution < -0.4 is 4.74 Å². The van der Waals surface area contributed by atoms with E-state index in [9.17, 15) is 4.79 Å². The van der Waals surface area contributed by atoms with E-state index in [0.717, 1.165) is 16.5 Å². The van der Waals surface area contributed by atoms with Gasteiger partial charge < -0.3 is 9.47 Å². The van der Waals surface area contributed by atoms with Gasteiger partial charge in [0.15, 0.2) is 0 Å². The van der Waals surface area contributed by atoms with E-state index in [-0.39, 0.29) is 18.2 Å². The van der Waals surface area contributed by atoms with Gasteiger partial charge in [0, 0.05) is 11.8 Å². The van der Waals surface area contributed by atoms with Crippen molar-refractivity contribution in [1.82, 2.24) is 0 Å². The molecule has 2 aromatic rings. The molecule has 3 heteroatoms. The normalized spacial score (nSPS) is 13.8. The van der Waals surface area contributed by atoms with Crippen LogP contribution in [-0.4, -0.2) is 18.2 Å². The van der Waals surface area contributed by atoms with Crippen LogP contribution in [0.4, 0.5) is 0 Å². The van der Waals surface area contributed by atoms with E-state index in [0.29, 0.717) is 6.42 Å². The van der Waals surface area contributed by atoms with Crippen LogP contribution in [0.3, 0.4) is 0 Å². The molecule has 0 aliphatic carbocycles. The molecule has 0 spiro atoms. The number of benzene rings is 2. The standard InChI is InChI=1S/C17H20O3/c1-4-17(18)20-13(3)12(2)19-16-11-7-9-14-8-5-6-10-15(14)16/h5-13H,4H2,1-3H3/t12-,13?/m1/s1. The first-order chi connectivity index (χ1) is 9.61. The second kappa shape index (κ2) is 6.42. The minimum Gasteiger partial charge on any atom is -0.486 e. The van der Waals surface area contributed by atoms with Gasteiger partial charge in [0.25, 0.3) is 0 Å². The Morgan fingerprint density at radius 3 is 2.50 bits per heavy atom. The molecule has 3 nitrogen and oxygen atoms in total. The molecule has 106 valence electrons. The Bertz CT molecular complexity index is 586. The number of hydrogen-bond acceptors (Lipinski definition) is 3. The quantitative estimate of drug-likeness (QED) is 0.773. The molecule has 0 aliphatic heterocycles. The van der Waals surface area contributed by atoms with E-state index in [2.05, 4.69) is 0 Å². The number of ether oxygens (including phenoxy) is 2. The Morgan fingerprint density at radius 2 is 1.75 bits per heavy atom. The molecule has 0 radical (unpaired) electrons. The average Bonchev–Trinajstić information content (AvgIpc) is 2.47. The van der Waals surface area contributed by atoms with Crippen molar-refractivity contribution in [3.8, 4) is 5.75 Å². The highest BCUT2D eigenvalue weighted by Gasteiger charge is 2.18. The third-order valence-corrected chi connectivity index (χ3v) is 3.33. The lowest BCUT2D eigenvalue weighted by Gasteiger charge is -2.22. The molecule has 0 N–H and O–H groups in total. The van der Waals surface area contributed by atoms with Gasteiger partial charge in [-0.3, -0.25) is 4.79 Å². The number of fused-ring (bicyclic) bond motifs is 1. The summed E-state index contributed by atoms with van der Waals surface area (Å²) in [5.74, 6) is 0.612. The van der Waals surface area contributed by atoms with Gasteiger partial charge in [-0.2, -0.15) is 0 Å². The number of carbonyl (C=O) groups is 1. The Labute approximate surface area is 119 Å². The van der Waals surface area contributed by atoms with E-state index in [1.807, 2.05) is 56.3 Å². The summed E-state index contributed by atoms with van der Waals surface area (Å²) in [5, 5.41) is 2.20. The van der Waals surface area contributed by atoms with Gasteiger partial charge in [-0.05, 0) is 25.3 Å². The fourth-order valence-electron chi connectivity index (χ4n) is 1.98. The van der Waals surface area contributed by atoms with Gasteiger partial charge in [0.1, 0.15) is 18.0 Å². The van der Waals surface area contributed by atoms with Crippen molar-refractivity contribution in [3.05, 3.63) is 42.5 Å². The molecule has 2 atom stereocenters. The van der Waals surface area contributed by atoms with Crippen LogP contribution in [-0.2, 0) is 9.53 Å². The van der Waals surface area contributed by atoms with Crippen LogP contribution in [0.1, 0.15) is 27.2 Å². The van der Waals surface area contributed by atoms with Crippen LogP contribution in [0.25, 0.3) is 10.8 Å². The Kier molecular flexibility index (Phi) is 4.61. The monoisotopic (exact) mass is 272 g/mol. The largest absolute Gasteiger partial charge is 0.486 e. The zero-order valence-electron chi connectivity index (χ0n) is 12.1. The molecule has 20 heavy (non-hydrogen) atoms. The Balaban J connectivity index is 2.13. The van der Waals surface area contributed by atoms with E-state index in [1.54, 1.807) is 6.92 Å². The lowest BCUT2D eigenvalue weighted by Crippen LogP contribution is -2.30. The fourth-order valence-corrected chi connectivity index (χ4v) is 1.98. The smallest absolute Gasteiger partial charge is 0.305 e. The topological polar surface area (TPSA) is 35.5 Å². The first kappa shape index (κ1) is 14.4. The summed E-state index contributed by atoms with van der Waals surface area (Å²) in [7, 11) is 0. The lowest BCUT2D eigenvalue weighted by molar-refractivity contribution is -0.151. The van der Waals surface area contributed by atoms with E-state index in [4.69, 9.17) is 9.47 Å². The van der Waals surface area contributed by atoms with E-state index in [1.165, 1.54) is 0 Å². The SMILES string of the molecule is CCC(=O)OC(C)[C@@H](C)Oc1cccc2ccccc12. The Hall–Kier alpha value is -2.03. The zero-order valence-corrected chi connectivity index (χ0v) is 12.1. The van der Waals surface area contributed by atoms with Crippen molar-refractivity contribution in [3.63, 3.8) is 0 Å². The number of hydrogen-bond donors (Lipinski definition) is 0.